The van der Waals surface area contributed by atoms with Crippen LogP contribution in [0.15, 0.2) is 29.4 Å². The van der Waals surface area contributed by atoms with Gasteiger partial charge < -0.3 is 14.7 Å². The smallest absolute Gasteiger partial charge is 0.120 e. The molecule has 1 aromatic rings. The summed E-state index contributed by atoms with van der Waals surface area (Å²) >= 11 is 0. The summed E-state index contributed by atoms with van der Waals surface area (Å²) < 4.78 is 11.0. The zero-order valence-electron chi connectivity index (χ0n) is 10.3. The van der Waals surface area contributed by atoms with Gasteiger partial charge in [0.05, 0.1) is 19.4 Å². The van der Waals surface area contributed by atoms with Crippen molar-refractivity contribution in [3.8, 4) is 5.75 Å². The third-order valence-corrected chi connectivity index (χ3v) is 2.84. The molecular formula is C13H18N2O3. The van der Waals surface area contributed by atoms with Crippen molar-refractivity contribution < 1.29 is 14.7 Å². The fourth-order valence-corrected chi connectivity index (χ4v) is 1.87. The highest BCUT2D eigenvalue weighted by Gasteiger charge is 2.09. The number of ether oxygens (including phenoxy) is 2. The van der Waals surface area contributed by atoms with E-state index < -0.39 is 0 Å². The molecule has 0 saturated carbocycles. The van der Waals surface area contributed by atoms with Crippen LogP contribution in [0.3, 0.4) is 0 Å². The number of benzene rings is 1. The van der Waals surface area contributed by atoms with E-state index in [-0.39, 0.29) is 0 Å². The van der Waals surface area contributed by atoms with Gasteiger partial charge >= 0.3 is 0 Å². The minimum absolute atomic E-state index is 0.653. The van der Waals surface area contributed by atoms with Crippen LogP contribution >= 0.6 is 0 Å². The first-order valence-electron chi connectivity index (χ1n) is 6.09. The quantitative estimate of drug-likeness (QED) is 0.485. The first-order chi connectivity index (χ1) is 8.88. The van der Waals surface area contributed by atoms with Gasteiger partial charge in [-0.3, -0.25) is 4.90 Å². The fraction of sp³-hybridized carbons (Fsp3) is 0.462. The molecule has 5 heteroatoms. The average molecular weight is 250 g/mol. The summed E-state index contributed by atoms with van der Waals surface area (Å²) in [7, 11) is 0. The van der Waals surface area contributed by atoms with Crippen molar-refractivity contribution in [2.45, 2.75) is 0 Å². The van der Waals surface area contributed by atoms with Gasteiger partial charge in [-0.25, -0.2) is 0 Å². The molecule has 5 nitrogen and oxygen atoms in total. The average Bonchev–Trinajstić information content (AvgIpc) is 2.41. The summed E-state index contributed by atoms with van der Waals surface area (Å²) in [5.41, 5.74) is 0.821. The molecule has 1 aliphatic rings. The third-order valence-electron chi connectivity index (χ3n) is 2.84. The number of morpholine rings is 1. The molecule has 18 heavy (non-hydrogen) atoms. The summed E-state index contributed by atoms with van der Waals surface area (Å²) in [6, 6.07) is 7.47. The normalized spacial score (nSPS) is 17.1. The number of nitrogens with zero attached hydrogens (tertiary/aromatic N) is 2. The van der Waals surface area contributed by atoms with Crippen LogP contribution in [0.5, 0.6) is 5.75 Å². The van der Waals surface area contributed by atoms with Crippen LogP contribution in [0.4, 0.5) is 0 Å². The first-order valence-corrected chi connectivity index (χ1v) is 6.09. The standard InChI is InChI=1S/C13H18N2O3/c16-14-11-12-2-1-3-13(10-12)18-9-6-15-4-7-17-8-5-15/h1-3,10-11,16H,4-9H2. The predicted octanol–water partition coefficient (Wildman–Crippen LogP) is 1.21. The molecule has 1 aliphatic heterocycles. The highest BCUT2D eigenvalue weighted by Crippen LogP contribution is 2.12. The zero-order valence-corrected chi connectivity index (χ0v) is 10.3. The molecule has 0 unspecified atom stereocenters. The van der Waals surface area contributed by atoms with Gasteiger partial charge in [0.1, 0.15) is 12.4 Å². The lowest BCUT2D eigenvalue weighted by Gasteiger charge is -2.26. The van der Waals surface area contributed by atoms with Gasteiger partial charge in [0, 0.05) is 19.6 Å². The fourth-order valence-electron chi connectivity index (χ4n) is 1.87. The van der Waals surface area contributed by atoms with Gasteiger partial charge in [0.2, 0.25) is 0 Å². The van der Waals surface area contributed by atoms with Crippen molar-refractivity contribution in [2.75, 3.05) is 39.5 Å². The van der Waals surface area contributed by atoms with E-state index >= 15 is 0 Å². The maximum absolute atomic E-state index is 8.47. The second kappa shape index (κ2) is 6.98. The molecule has 0 radical (unpaired) electrons. The third kappa shape index (κ3) is 4.01. The number of oxime groups is 1. The largest absolute Gasteiger partial charge is 0.492 e. The van der Waals surface area contributed by atoms with Gasteiger partial charge in [-0.1, -0.05) is 17.3 Å². The van der Waals surface area contributed by atoms with E-state index in [0.717, 1.165) is 44.2 Å². The van der Waals surface area contributed by atoms with Crippen molar-refractivity contribution >= 4 is 6.21 Å². The number of rotatable bonds is 5. The molecular weight excluding hydrogens is 232 g/mol. The van der Waals surface area contributed by atoms with Crippen molar-refractivity contribution in [3.05, 3.63) is 29.8 Å². The van der Waals surface area contributed by atoms with E-state index in [1.54, 1.807) is 0 Å². The Kier molecular flexibility index (Phi) is 4.99. The van der Waals surface area contributed by atoms with Crippen molar-refractivity contribution in [2.24, 2.45) is 5.16 Å². The molecule has 1 heterocycles. The zero-order chi connectivity index (χ0) is 12.6. The Morgan fingerprint density at radius 3 is 3.00 bits per heavy atom. The molecule has 1 saturated heterocycles. The molecule has 1 fully saturated rings. The highest BCUT2D eigenvalue weighted by atomic mass is 16.5. The molecule has 98 valence electrons. The molecule has 1 N–H and O–H groups in total. The maximum atomic E-state index is 8.47. The predicted molar refractivity (Wildman–Crippen MR) is 68.6 cm³/mol. The molecule has 0 aliphatic carbocycles. The van der Waals surface area contributed by atoms with Crippen molar-refractivity contribution in [1.82, 2.24) is 4.90 Å². The van der Waals surface area contributed by atoms with Crippen LogP contribution in [0.25, 0.3) is 0 Å². The monoisotopic (exact) mass is 250 g/mol. The Labute approximate surface area is 107 Å². The molecule has 2 rings (SSSR count). The van der Waals surface area contributed by atoms with Gasteiger partial charge in [0.25, 0.3) is 0 Å². The maximum Gasteiger partial charge on any atom is 0.120 e. The summed E-state index contributed by atoms with van der Waals surface area (Å²) in [5, 5.41) is 11.5. The second-order valence-electron chi connectivity index (χ2n) is 4.12. The van der Waals surface area contributed by atoms with Crippen LogP contribution in [-0.2, 0) is 4.74 Å². The first kappa shape index (κ1) is 12.9. The van der Waals surface area contributed by atoms with E-state index in [2.05, 4.69) is 10.1 Å². The van der Waals surface area contributed by atoms with Crippen LogP contribution in [0.2, 0.25) is 0 Å². The van der Waals surface area contributed by atoms with Crippen LogP contribution in [0, 0.1) is 0 Å². The van der Waals surface area contributed by atoms with Gasteiger partial charge in [-0.2, -0.15) is 0 Å². The highest BCUT2D eigenvalue weighted by molar-refractivity contribution is 5.79. The van der Waals surface area contributed by atoms with E-state index in [4.69, 9.17) is 14.7 Å². The van der Waals surface area contributed by atoms with Crippen molar-refractivity contribution in [3.63, 3.8) is 0 Å². The summed E-state index contributed by atoms with van der Waals surface area (Å²) in [5.74, 6) is 0.792. The number of hydrogen-bond acceptors (Lipinski definition) is 5. The lowest BCUT2D eigenvalue weighted by Crippen LogP contribution is -2.38. The molecule has 1 aromatic carbocycles. The van der Waals surface area contributed by atoms with Crippen LogP contribution < -0.4 is 4.74 Å². The Balaban J connectivity index is 1.77. The topological polar surface area (TPSA) is 54.3 Å². The summed E-state index contributed by atoms with van der Waals surface area (Å²) in [6.45, 7) is 5.12. The summed E-state index contributed by atoms with van der Waals surface area (Å²) in [4.78, 5) is 2.32. The van der Waals surface area contributed by atoms with E-state index in [1.165, 1.54) is 6.21 Å². The molecule has 0 spiro atoms. The summed E-state index contributed by atoms with van der Waals surface area (Å²) in [6.07, 6.45) is 1.38. The van der Waals surface area contributed by atoms with Gasteiger partial charge in [0.15, 0.2) is 0 Å². The lowest BCUT2D eigenvalue weighted by molar-refractivity contribution is 0.0322. The molecule has 0 aromatic heterocycles. The Morgan fingerprint density at radius 1 is 1.39 bits per heavy atom. The van der Waals surface area contributed by atoms with Crippen molar-refractivity contribution in [1.29, 1.82) is 0 Å². The number of hydrogen-bond donors (Lipinski definition) is 1. The van der Waals surface area contributed by atoms with E-state index in [0.29, 0.717) is 6.61 Å². The molecule has 0 atom stereocenters. The Hall–Kier alpha value is -1.59. The van der Waals surface area contributed by atoms with Gasteiger partial charge in [-0.15, -0.1) is 0 Å². The Morgan fingerprint density at radius 2 is 2.22 bits per heavy atom. The Bertz CT molecular complexity index is 390. The van der Waals surface area contributed by atoms with E-state index in [1.807, 2.05) is 24.3 Å². The minimum Gasteiger partial charge on any atom is -0.492 e. The molecule has 0 amide bonds. The lowest BCUT2D eigenvalue weighted by atomic mass is 10.2. The van der Waals surface area contributed by atoms with Crippen LogP contribution in [0.1, 0.15) is 5.56 Å². The van der Waals surface area contributed by atoms with E-state index in [9.17, 15) is 0 Å². The SMILES string of the molecule is ON=Cc1cccc(OCCN2CCOCC2)c1. The van der Waals surface area contributed by atoms with Gasteiger partial charge in [-0.05, 0) is 17.7 Å². The minimum atomic E-state index is 0.653. The van der Waals surface area contributed by atoms with Crippen LogP contribution in [-0.4, -0.2) is 55.8 Å². The molecule has 0 bridgehead atoms. The second-order valence-corrected chi connectivity index (χ2v) is 4.12.